The molecular formula is C27H26FNO2. The van der Waals surface area contributed by atoms with Crippen molar-refractivity contribution >= 4 is 38.9 Å². The largest absolute Gasteiger partial charge is 0.392 e. The Hall–Kier alpha value is -3.60. The summed E-state index contributed by atoms with van der Waals surface area (Å²) < 4.78 is 9.79. The summed E-state index contributed by atoms with van der Waals surface area (Å²) in [4.78, 5) is 2.75. The number of nitrogens with one attached hydrogen (secondary N) is 1. The maximum Gasteiger partial charge on any atom is 0.0766 e. The monoisotopic (exact) mass is 415 g/mol. The van der Waals surface area contributed by atoms with Crippen LogP contribution in [0.15, 0.2) is 98.1 Å². The van der Waals surface area contributed by atoms with Gasteiger partial charge in [0.1, 0.15) is 0 Å². The lowest BCUT2D eigenvalue weighted by molar-refractivity contribution is -0.0960. The maximum absolute atomic E-state index is 10.1. The van der Waals surface area contributed by atoms with E-state index in [1.807, 2.05) is 42.5 Å². The van der Waals surface area contributed by atoms with Gasteiger partial charge in [0.2, 0.25) is 0 Å². The van der Waals surface area contributed by atoms with Gasteiger partial charge in [0.05, 0.1) is 13.7 Å². The number of fused-ring (bicyclic) bond motifs is 2. The van der Waals surface area contributed by atoms with E-state index in [2.05, 4.69) is 42.4 Å². The molecule has 0 saturated heterocycles. The van der Waals surface area contributed by atoms with Gasteiger partial charge >= 0.3 is 0 Å². The topological polar surface area (TPSA) is 53.3 Å². The van der Waals surface area contributed by atoms with Gasteiger partial charge in [0.15, 0.2) is 0 Å². The zero-order valence-electron chi connectivity index (χ0n) is 17.5. The van der Waals surface area contributed by atoms with Crippen LogP contribution in [-0.4, -0.2) is 25.0 Å². The molecule has 0 aliphatic heterocycles. The Labute approximate surface area is 182 Å². The molecule has 0 saturated carbocycles. The predicted octanol–water partition coefficient (Wildman–Crippen LogP) is 6.85. The first-order valence-electron chi connectivity index (χ1n) is 9.69. The van der Waals surface area contributed by atoms with Crippen molar-refractivity contribution in [3.05, 3.63) is 109 Å². The van der Waals surface area contributed by atoms with E-state index in [9.17, 15) is 9.63 Å². The molecule has 31 heavy (non-hydrogen) atoms. The molecule has 3 aromatic carbocycles. The number of hydrogen-bond acceptors (Lipinski definition) is 3. The fourth-order valence-electron chi connectivity index (χ4n) is 3.61. The molecule has 0 unspecified atom stereocenters. The van der Waals surface area contributed by atoms with E-state index < -0.39 is 0 Å². The molecular weight excluding hydrogens is 389 g/mol. The highest BCUT2D eigenvalue weighted by Gasteiger charge is 2.16. The van der Waals surface area contributed by atoms with Crippen LogP contribution in [0.1, 0.15) is 11.1 Å². The number of hydrogen-bond donors (Lipinski definition) is 2. The van der Waals surface area contributed by atoms with Crippen molar-refractivity contribution in [1.29, 1.82) is 5.41 Å². The van der Waals surface area contributed by atoms with Crippen molar-refractivity contribution in [2.24, 2.45) is 0 Å². The number of benzene rings is 3. The van der Waals surface area contributed by atoms with Gasteiger partial charge < -0.3 is 10.5 Å². The minimum Gasteiger partial charge on any atom is -0.392 e. The lowest BCUT2D eigenvalue weighted by Gasteiger charge is -2.18. The van der Waals surface area contributed by atoms with Crippen molar-refractivity contribution in [2.45, 2.75) is 0 Å². The molecule has 2 N–H and O–H groups in total. The Morgan fingerprint density at radius 1 is 0.935 bits per heavy atom. The number of rotatable bonds is 7. The highest BCUT2D eigenvalue weighted by Crippen LogP contribution is 2.39. The molecule has 0 aliphatic carbocycles. The van der Waals surface area contributed by atoms with Crippen LogP contribution in [0.25, 0.3) is 32.7 Å². The minimum absolute atomic E-state index is 0.0908. The third-order valence-corrected chi connectivity index (χ3v) is 4.73. The van der Waals surface area contributed by atoms with Crippen molar-refractivity contribution in [1.82, 2.24) is 0 Å². The molecule has 0 radical (unpaired) electrons. The molecule has 0 aromatic heterocycles. The second kappa shape index (κ2) is 12.2. The van der Waals surface area contributed by atoms with Crippen LogP contribution in [0.4, 0.5) is 4.53 Å². The Bertz CT molecular complexity index is 1120. The molecule has 0 fully saturated rings. The number of aliphatic hydroxyl groups excluding tert-OH is 1. The van der Waals surface area contributed by atoms with Crippen LogP contribution in [0, 0.1) is 5.41 Å². The molecule has 0 heterocycles. The summed E-state index contributed by atoms with van der Waals surface area (Å²) >= 11 is 0. The maximum atomic E-state index is 10.1. The van der Waals surface area contributed by atoms with Crippen LogP contribution < -0.4 is 0 Å². The Balaban J connectivity index is 0.00000107. The predicted molar refractivity (Wildman–Crippen MR) is 131 cm³/mol. The van der Waals surface area contributed by atoms with E-state index in [1.54, 1.807) is 18.2 Å². The fourth-order valence-corrected chi connectivity index (χ4v) is 3.61. The third kappa shape index (κ3) is 5.31. The van der Waals surface area contributed by atoms with Gasteiger partial charge in [0, 0.05) is 6.21 Å². The molecule has 3 rings (SSSR count). The summed E-state index contributed by atoms with van der Waals surface area (Å²) in [5.41, 5.74) is 3.93. The van der Waals surface area contributed by atoms with Crippen molar-refractivity contribution in [3.8, 4) is 0 Å². The first-order valence-corrected chi connectivity index (χ1v) is 9.69. The van der Waals surface area contributed by atoms with Crippen molar-refractivity contribution < 1.29 is 14.6 Å². The Morgan fingerprint density at radius 2 is 1.42 bits per heavy atom. The fraction of sp³-hybridized carbons (Fsp3) is 0.0741. The summed E-state index contributed by atoms with van der Waals surface area (Å²) in [5, 5.41) is 21.6. The van der Waals surface area contributed by atoms with Gasteiger partial charge in [-0.05, 0) is 54.4 Å². The lowest BCUT2D eigenvalue weighted by Crippen LogP contribution is -1.97. The van der Waals surface area contributed by atoms with Gasteiger partial charge in [-0.25, -0.2) is 0 Å². The summed E-state index contributed by atoms with van der Waals surface area (Å²) in [7, 11) is 0.958. The summed E-state index contributed by atoms with van der Waals surface area (Å²) in [5.74, 6) is 0. The average molecular weight is 416 g/mol. The van der Waals surface area contributed by atoms with Gasteiger partial charge in [-0.3, -0.25) is 0 Å². The van der Waals surface area contributed by atoms with E-state index in [4.69, 9.17) is 5.41 Å². The van der Waals surface area contributed by atoms with Gasteiger partial charge in [0.25, 0.3) is 0 Å². The van der Waals surface area contributed by atoms with Crippen LogP contribution in [0.3, 0.4) is 0 Å². The van der Waals surface area contributed by atoms with Crippen LogP contribution >= 0.6 is 0 Å². The smallest absolute Gasteiger partial charge is 0.0766 e. The molecule has 3 nitrogen and oxygen atoms in total. The summed E-state index contributed by atoms with van der Waals surface area (Å²) in [6.07, 6.45) is 12.1. The van der Waals surface area contributed by atoms with E-state index in [0.29, 0.717) is 0 Å². The number of aliphatic hydroxyl groups is 1. The third-order valence-electron chi connectivity index (χ3n) is 4.73. The van der Waals surface area contributed by atoms with Gasteiger partial charge in [-0.2, -0.15) is 4.94 Å². The minimum atomic E-state index is -0.0908. The first-order chi connectivity index (χ1) is 15.2. The molecule has 4 heteroatoms. The SMILES string of the molecule is C=C/C=C(\C=C)c1c2ccccc2c(/C(=C/C=C\C=N)CO)c2ccccc12.COF. The standard InChI is InChI=1S/C26H23NO.CH3FO/c1-3-11-19(4-2)25-21-13-5-7-15-23(21)26(20(18-28)12-9-10-17-27)24-16-8-6-14-22(24)25;1-3-2/h3-17,27-28H,1-2,18H2;1H3/b10-9-,19-11+,20-12+,27-17?;. The van der Waals surface area contributed by atoms with Crippen LogP contribution in [-0.2, 0) is 4.94 Å². The molecule has 3 aromatic rings. The van der Waals surface area contributed by atoms with E-state index in [1.165, 1.54) is 6.21 Å². The van der Waals surface area contributed by atoms with Crippen molar-refractivity contribution in [3.63, 3.8) is 0 Å². The van der Waals surface area contributed by atoms with E-state index in [0.717, 1.165) is 50.9 Å². The number of halogens is 1. The zero-order chi connectivity index (χ0) is 22.6. The van der Waals surface area contributed by atoms with Gasteiger partial charge in [-0.15, -0.1) is 0 Å². The second-order valence-corrected chi connectivity index (χ2v) is 6.46. The highest BCUT2D eigenvalue weighted by atomic mass is 19.3. The Morgan fingerprint density at radius 3 is 1.81 bits per heavy atom. The average Bonchev–Trinajstić information content (AvgIpc) is 2.80. The molecule has 0 bridgehead atoms. The van der Waals surface area contributed by atoms with Crippen LogP contribution in [0.2, 0.25) is 0 Å². The molecule has 0 atom stereocenters. The molecule has 0 aliphatic rings. The van der Waals surface area contributed by atoms with E-state index in [-0.39, 0.29) is 6.61 Å². The Kier molecular flexibility index (Phi) is 9.30. The first kappa shape index (κ1) is 23.7. The number of allylic oxidation sites excluding steroid dienone is 7. The quantitative estimate of drug-likeness (QED) is 0.252. The molecule has 0 spiro atoms. The van der Waals surface area contributed by atoms with E-state index >= 15 is 0 Å². The second-order valence-electron chi connectivity index (χ2n) is 6.46. The summed E-state index contributed by atoms with van der Waals surface area (Å²) in [6, 6.07) is 16.4. The highest BCUT2D eigenvalue weighted by molar-refractivity contribution is 6.16. The van der Waals surface area contributed by atoms with Crippen molar-refractivity contribution in [2.75, 3.05) is 13.7 Å². The van der Waals surface area contributed by atoms with Gasteiger partial charge in [-0.1, -0.05) is 92.1 Å². The normalized spacial score (nSPS) is 12.0. The zero-order valence-corrected chi connectivity index (χ0v) is 17.5. The van der Waals surface area contributed by atoms with Crippen LogP contribution in [0.5, 0.6) is 0 Å². The molecule has 158 valence electrons. The lowest BCUT2D eigenvalue weighted by atomic mass is 9.85. The summed E-state index contributed by atoms with van der Waals surface area (Å²) in [6.45, 7) is 7.75. The molecule has 0 amide bonds.